The number of hydrogen-bond acceptors (Lipinski definition) is 4. The smallest absolute Gasteiger partial charge is 0.323 e. The first kappa shape index (κ1) is 15.9. The number of nitrogens with zero attached hydrogens (tertiary/aromatic N) is 2. The third-order valence-electron chi connectivity index (χ3n) is 2.45. The lowest BCUT2D eigenvalue weighted by atomic mass is 10.2. The predicted octanol–water partition coefficient (Wildman–Crippen LogP) is 1.81. The van der Waals surface area contributed by atoms with E-state index in [1.165, 1.54) is 11.1 Å². The average Bonchev–Trinajstić information content (AvgIpc) is 2.37. The van der Waals surface area contributed by atoms with Crippen molar-refractivity contribution in [1.29, 1.82) is 0 Å². The summed E-state index contributed by atoms with van der Waals surface area (Å²) >= 11 is 0. The molecular weight excluding hydrogens is 260 g/mol. The molecule has 0 atom stereocenters. The first-order valence-electron chi connectivity index (χ1n) is 6.57. The molecule has 1 N–H and O–H groups in total. The molecule has 0 saturated carbocycles. The first-order valence-corrected chi connectivity index (χ1v) is 6.57. The Morgan fingerprint density at radius 3 is 2.55 bits per heavy atom. The quantitative estimate of drug-likeness (QED) is 0.824. The van der Waals surface area contributed by atoms with Crippen LogP contribution in [0.2, 0.25) is 0 Å². The van der Waals surface area contributed by atoms with E-state index in [1.807, 2.05) is 20.8 Å². The molecular formula is C14H20N2O4. The van der Waals surface area contributed by atoms with Crippen molar-refractivity contribution < 1.29 is 19.4 Å². The highest BCUT2D eigenvalue weighted by Gasteiger charge is 2.18. The van der Waals surface area contributed by atoms with Crippen molar-refractivity contribution in [3.63, 3.8) is 0 Å². The minimum absolute atomic E-state index is 0.00708. The Morgan fingerprint density at radius 1 is 1.40 bits per heavy atom. The van der Waals surface area contributed by atoms with Crippen LogP contribution in [0.1, 0.15) is 37.6 Å². The number of carboxylic acid groups (broad SMARTS) is 1. The fourth-order valence-corrected chi connectivity index (χ4v) is 1.69. The van der Waals surface area contributed by atoms with Gasteiger partial charge in [0.1, 0.15) is 6.54 Å². The average molecular weight is 280 g/mol. The molecule has 6 nitrogen and oxygen atoms in total. The van der Waals surface area contributed by atoms with E-state index in [2.05, 4.69) is 4.98 Å². The van der Waals surface area contributed by atoms with Gasteiger partial charge < -0.3 is 14.7 Å². The van der Waals surface area contributed by atoms with E-state index in [-0.39, 0.29) is 18.6 Å². The van der Waals surface area contributed by atoms with Crippen LogP contribution in [0.3, 0.4) is 0 Å². The van der Waals surface area contributed by atoms with Crippen molar-refractivity contribution in [1.82, 2.24) is 9.88 Å². The second kappa shape index (κ2) is 7.47. The summed E-state index contributed by atoms with van der Waals surface area (Å²) in [5.74, 6) is -0.922. The fraction of sp³-hybridized carbons (Fsp3) is 0.500. The van der Waals surface area contributed by atoms with Crippen LogP contribution < -0.4 is 4.74 Å². The van der Waals surface area contributed by atoms with Crippen molar-refractivity contribution in [2.24, 2.45) is 0 Å². The minimum atomic E-state index is -1.03. The van der Waals surface area contributed by atoms with E-state index < -0.39 is 5.97 Å². The molecule has 0 aliphatic heterocycles. The van der Waals surface area contributed by atoms with Crippen LogP contribution in [-0.4, -0.2) is 46.1 Å². The van der Waals surface area contributed by atoms with Crippen LogP contribution in [0, 0.1) is 0 Å². The van der Waals surface area contributed by atoms with Gasteiger partial charge in [-0.1, -0.05) is 6.92 Å². The molecule has 1 aromatic heterocycles. The van der Waals surface area contributed by atoms with E-state index in [4.69, 9.17) is 9.84 Å². The second-order valence-corrected chi connectivity index (χ2v) is 4.67. The first-order chi connectivity index (χ1) is 9.43. The Balaban J connectivity index is 2.80. The number of rotatable bonds is 7. The number of aliphatic carboxylic acids is 1. The van der Waals surface area contributed by atoms with Gasteiger partial charge in [0.25, 0.3) is 5.91 Å². The molecule has 0 radical (unpaired) electrons. The molecule has 0 spiro atoms. The maximum atomic E-state index is 12.2. The summed E-state index contributed by atoms with van der Waals surface area (Å²) in [6.45, 7) is 5.75. The molecule has 0 fully saturated rings. The lowest BCUT2D eigenvalue weighted by Crippen LogP contribution is -2.36. The summed E-state index contributed by atoms with van der Waals surface area (Å²) in [5.41, 5.74) is 0.357. The Kier molecular flexibility index (Phi) is 5.96. The summed E-state index contributed by atoms with van der Waals surface area (Å²) < 4.78 is 5.39. The maximum absolute atomic E-state index is 12.2. The zero-order valence-electron chi connectivity index (χ0n) is 12.0. The molecule has 0 aromatic carbocycles. The molecule has 1 rings (SSSR count). The van der Waals surface area contributed by atoms with E-state index >= 15 is 0 Å². The van der Waals surface area contributed by atoms with Gasteiger partial charge in [-0.25, -0.2) is 4.98 Å². The van der Waals surface area contributed by atoms with Crippen LogP contribution in [0.4, 0.5) is 0 Å². The molecule has 1 aromatic rings. The van der Waals surface area contributed by atoms with E-state index in [0.29, 0.717) is 24.4 Å². The van der Waals surface area contributed by atoms with Gasteiger partial charge in [-0.3, -0.25) is 9.59 Å². The molecule has 0 unspecified atom stereocenters. The molecule has 0 saturated heterocycles. The largest absolute Gasteiger partial charge is 0.480 e. The number of carboxylic acids is 1. The summed E-state index contributed by atoms with van der Waals surface area (Å²) in [4.78, 5) is 28.3. The van der Waals surface area contributed by atoms with Gasteiger partial charge in [0.05, 0.1) is 11.7 Å². The SMILES string of the molecule is CCCN(CC(=O)O)C(=O)c1ccc(OC(C)C)nc1. The van der Waals surface area contributed by atoms with Gasteiger partial charge in [0.2, 0.25) is 5.88 Å². The summed E-state index contributed by atoms with van der Waals surface area (Å²) in [5, 5.41) is 8.82. The lowest BCUT2D eigenvalue weighted by molar-refractivity contribution is -0.137. The monoisotopic (exact) mass is 280 g/mol. The molecule has 6 heteroatoms. The van der Waals surface area contributed by atoms with Crippen molar-refractivity contribution in [2.45, 2.75) is 33.3 Å². The standard InChI is InChI=1S/C14H20N2O4/c1-4-7-16(9-13(17)18)14(19)11-5-6-12(15-8-11)20-10(2)3/h5-6,8,10H,4,7,9H2,1-3H3,(H,17,18). The predicted molar refractivity (Wildman–Crippen MR) is 73.8 cm³/mol. The minimum Gasteiger partial charge on any atom is -0.480 e. The molecule has 0 aliphatic carbocycles. The zero-order valence-corrected chi connectivity index (χ0v) is 12.0. The molecule has 110 valence electrons. The number of hydrogen-bond donors (Lipinski definition) is 1. The fourth-order valence-electron chi connectivity index (χ4n) is 1.69. The second-order valence-electron chi connectivity index (χ2n) is 4.67. The number of carbonyl (C=O) groups is 2. The number of pyridine rings is 1. The third kappa shape index (κ3) is 4.87. The number of amides is 1. The zero-order chi connectivity index (χ0) is 15.1. The highest BCUT2D eigenvalue weighted by Crippen LogP contribution is 2.11. The Hall–Kier alpha value is -2.11. The summed E-state index contributed by atoms with van der Waals surface area (Å²) in [6.07, 6.45) is 2.11. The van der Waals surface area contributed by atoms with Crippen LogP contribution in [-0.2, 0) is 4.79 Å². The highest BCUT2D eigenvalue weighted by molar-refractivity contribution is 5.95. The van der Waals surface area contributed by atoms with Gasteiger partial charge in [-0.05, 0) is 26.3 Å². The molecule has 1 heterocycles. The van der Waals surface area contributed by atoms with E-state index in [1.54, 1.807) is 12.1 Å². The third-order valence-corrected chi connectivity index (χ3v) is 2.45. The topological polar surface area (TPSA) is 79.7 Å². The van der Waals surface area contributed by atoms with Gasteiger partial charge in [-0.2, -0.15) is 0 Å². The van der Waals surface area contributed by atoms with Crippen molar-refractivity contribution in [3.05, 3.63) is 23.9 Å². The number of ether oxygens (including phenoxy) is 1. The Morgan fingerprint density at radius 2 is 2.10 bits per heavy atom. The van der Waals surface area contributed by atoms with Gasteiger partial charge >= 0.3 is 5.97 Å². The maximum Gasteiger partial charge on any atom is 0.323 e. The van der Waals surface area contributed by atoms with Crippen molar-refractivity contribution in [3.8, 4) is 5.88 Å². The van der Waals surface area contributed by atoms with Crippen LogP contribution in [0.5, 0.6) is 5.88 Å². The van der Waals surface area contributed by atoms with E-state index in [0.717, 1.165) is 0 Å². The van der Waals surface area contributed by atoms with Crippen LogP contribution >= 0.6 is 0 Å². The van der Waals surface area contributed by atoms with E-state index in [9.17, 15) is 9.59 Å². The molecule has 20 heavy (non-hydrogen) atoms. The van der Waals surface area contributed by atoms with Crippen LogP contribution in [0.25, 0.3) is 0 Å². The molecule has 0 aliphatic rings. The van der Waals surface area contributed by atoms with Crippen LogP contribution in [0.15, 0.2) is 18.3 Å². The Labute approximate surface area is 118 Å². The van der Waals surface area contributed by atoms with Crippen molar-refractivity contribution >= 4 is 11.9 Å². The van der Waals surface area contributed by atoms with Gasteiger partial charge in [0, 0.05) is 18.8 Å². The highest BCUT2D eigenvalue weighted by atomic mass is 16.5. The lowest BCUT2D eigenvalue weighted by Gasteiger charge is -2.19. The Bertz CT molecular complexity index is 457. The van der Waals surface area contributed by atoms with Crippen molar-refractivity contribution in [2.75, 3.05) is 13.1 Å². The molecule has 1 amide bonds. The number of carbonyl (C=O) groups excluding carboxylic acids is 1. The number of aromatic nitrogens is 1. The van der Waals surface area contributed by atoms with Gasteiger partial charge in [0.15, 0.2) is 0 Å². The summed E-state index contributed by atoms with van der Waals surface area (Å²) in [7, 11) is 0. The normalized spacial score (nSPS) is 10.4. The van der Waals surface area contributed by atoms with Gasteiger partial charge in [-0.15, -0.1) is 0 Å². The summed E-state index contributed by atoms with van der Waals surface area (Å²) in [6, 6.07) is 3.20. The molecule has 0 bridgehead atoms.